The fourth-order valence-corrected chi connectivity index (χ4v) is 5.60. The minimum absolute atomic E-state index is 0. The maximum Gasteiger partial charge on any atom is 0.227 e. The third-order valence-electron chi connectivity index (χ3n) is 6.90. The highest BCUT2D eigenvalue weighted by atomic mass is 79.9. The molecule has 2 heterocycles. The average molecular weight is 638 g/mol. The van der Waals surface area contributed by atoms with Crippen LogP contribution in [0.2, 0.25) is 0 Å². The molecule has 6 nitrogen and oxygen atoms in total. The molecule has 2 aromatic carbocycles. The summed E-state index contributed by atoms with van der Waals surface area (Å²) >= 11 is 7.12. The van der Waals surface area contributed by atoms with Gasteiger partial charge in [0.1, 0.15) is 0 Å². The van der Waals surface area contributed by atoms with Crippen LogP contribution in [0.3, 0.4) is 0 Å². The molecule has 2 aliphatic rings. The molecule has 2 N–H and O–H groups in total. The molecule has 0 aromatic heterocycles. The van der Waals surface area contributed by atoms with Crippen LogP contribution in [0.1, 0.15) is 55.4 Å². The number of rotatable bonds is 5. The Labute approximate surface area is 239 Å². The van der Waals surface area contributed by atoms with Crippen molar-refractivity contribution in [2.24, 2.45) is 5.73 Å². The summed E-state index contributed by atoms with van der Waals surface area (Å²) in [6.07, 6.45) is 3.08. The molecule has 0 spiro atoms. The van der Waals surface area contributed by atoms with Crippen molar-refractivity contribution in [1.29, 1.82) is 0 Å². The molecule has 37 heavy (non-hydrogen) atoms. The maximum absolute atomic E-state index is 12.2. The largest absolute Gasteiger partial charge is 0.328 e. The molecule has 2 aliphatic heterocycles. The van der Waals surface area contributed by atoms with E-state index in [1.54, 1.807) is 0 Å². The fraction of sp³-hybridized carbons (Fsp3) is 0.517. The molecule has 2 aromatic rings. The van der Waals surface area contributed by atoms with Gasteiger partial charge >= 0.3 is 0 Å². The van der Waals surface area contributed by atoms with Crippen LogP contribution < -0.4 is 15.5 Å². The van der Waals surface area contributed by atoms with Gasteiger partial charge in [-0.3, -0.25) is 9.59 Å². The minimum atomic E-state index is 0. The van der Waals surface area contributed by atoms with E-state index < -0.39 is 0 Å². The van der Waals surface area contributed by atoms with E-state index in [9.17, 15) is 9.59 Å². The topological polar surface area (TPSA) is 69.9 Å². The Bertz CT molecular complexity index is 1090. The Morgan fingerprint density at radius 1 is 0.784 bits per heavy atom. The molecule has 2 amide bonds. The molecule has 0 saturated carbocycles. The minimum Gasteiger partial charge on any atom is -0.328 e. The zero-order valence-corrected chi connectivity index (χ0v) is 25.4. The van der Waals surface area contributed by atoms with Crippen LogP contribution >= 0.6 is 31.9 Å². The van der Waals surface area contributed by atoms with Gasteiger partial charge in [0.25, 0.3) is 0 Å². The number of hydrogen-bond acceptors (Lipinski definition) is 4. The number of hydrogen-bond donors (Lipinski definition) is 1. The number of carbonyl (C=O) groups is 2. The van der Waals surface area contributed by atoms with Crippen molar-refractivity contribution in [2.45, 2.75) is 72.9 Å². The number of likely N-dealkylation sites (N-methyl/N-ethyl adjacent to an activating group) is 1. The van der Waals surface area contributed by atoms with Gasteiger partial charge in [0.2, 0.25) is 11.8 Å². The fourth-order valence-electron chi connectivity index (χ4n) is 5.14. The quantitative estimate of drug-likeness (QED) is 0.419. The second-order valence-corrected chi connectivity index (χ2v) is 11.8. The van der Waals surface area contributed by atoms with E-state index in [-0.39, 0.29) is 25.3 Å². The summed E-state index contributed by atoms with van der Waals surface area (Å²) in [5.41, 5.74) is 12.4. The van der Waals surface area contributed by atoms with Gasteiger partial charge in [0.15, 0.2) is 0 Å². The lowest BCUT2D eigenvalue weighted by Gasteiger charge is -2.28. The van der Waals surface area contributed by atoms with E-state index in [2.05, 4.69) is 76.8 Å². The lowest BCUT2D eigenvalue weighted by atomic mass is 10.1. The van der Waals surface area contributed by atoms with Gasteiger partial charge < -0.3 is 20.4 Å². The number of halogens is 2. The Hall–Kier alpha value is -1.74. The van der Waals surface area contributed by atoms with Crippen LogP contribution in [0.15, 0.2) is 33.2 Å². The molecule has 0 radical (unpaired) electrons. The Morgan fingerprint density at radius 3 is 1.49 bits per heavy atom. The summed E-state index contributed by atoms with van der Waals surface area (Å²) < 4.78 is 2.24. The van der Waals surface area contributed by atoms with Gasteiger partial charge in [-0.25, -0.2) is 0 Å². The number of anilines is 2. The number of aryl methyl sites for hydroxylation is 4. The van der Waals surface area contributed by atoms with Crippen LogP contribution in [0.25, 0.3) is 0 Å². The number of nitrogens with two attached hydrogens (primary N) is 1. The van der Waals surface area contributed by atoms with Gasteiger partial charge in [-0.1, -0.05) is 39.3 Å². The van der Waals surface area contributed by atoms with Crippen LogP contribution in [0.4, 0.5) is 11.4 Å². The van der Waals surface area contributed by atoms with E-state index >= 15 is 0 Å². The molecule has 0 unspecified atom stereocenters. The average Bonchev–Trinajstić information content (AvgIpc) is 3.36. The van der Waals surface area contributed by atoms with Gasteiger partial charge in [0.05, 0.1) is 6.04 Å². The van der Waals surface area contributed by atoms with Crippen molar-refractivity contribution in [3.05, 3.63) is 55.5 Å². The lowest BCUT2D eigenvalue weighted by Crippen LogP contribution is -2.39. The summed E-state index contributed by atoms with van der Waals surface area (Å²) in [4.78, 5) is 30.1. The molecule has 4 rings (SSSR count). The molecule has 0 aliphatic carbocycles. The second-order valence-electron chi connectivity index (χ2n) is 10.2. The van der Waals surface area contributed by atoms with Gasteiger partial charge in [-0.15, -0.1) is 0 Å². The summed E-state index contributed by atoms with van der Waals surface area (Å²) in [7, 11) is 4.11. The van der Waals surface area contributed by atoms with E-state index in [4.69, 9.17) is 5.73 Å². The highest BCUT2D eigenvalue weighted by Crippen LogP contribution is 2.33. The molecule has 2 saturated heterocycles. The third-order valence-corrected chi connectivity index (χ3v) is 9.40. The van der Waals surface area contributed by atoms with Crippen LogP contribution in [0, 0.1) is 27.7 Å². The van der Waals surface area contributed by atoms with Gasteiger partial charge in [-0.2, -0.15) is 0 Å². The maximum atomic E-state index is 12.2. The molecule has 204 valence electrons. The number of nitrogens with zero attached hydrogens (tertiary/aromatic N) is 3. The van der Waals surface area contributed by atoms with Crippen molar-refractivity contribution in [2.75, 3.05) is 37.0 Å². The Kier molecular flexibility index (Phi) is 11.4. The number of benzene rings is 2. The van der Waals surface area contributed by atoms with Crippen molar-refractivity contribution in [3.63, 3.8) is 0 Å². The zero-order valence-electron chi connectivity index (χ0n) is 22.2. The first kappa shape index (κ1) is 31.5. The highest BCUT2D eigenvalue weighted by molar-refractivity contribution is 9.10. The van der Waals surface area contributed by atoms with Crippen LogP contribution in [-0.2, 0) is 9.59 Å². The molecule has 2 fully saturated rings. The SMILES string of the molecule is C.Cc1cc(N2C(=O)CC[C@@H]2CN(C)C)cc(C)c1Br.Cc1cc(N2C(=O)CC[C@@H]2CN)cc(C)c1Br. The van der Waals surface area contributed by atoms with E-state index in [0.717, 1.165) is 50.8 Å². The number of amides is 2. The first-order chi connectivity index (χ1) is 16.9. The van der Waals surface area contributed by atoms with E-state index in [1.807, 2.05) is 35.8 Å². The Morgan fingerprint density at radius 2 is 1.14 bits per heavy atom. The van der Waals surface area contributed by atoms with Crippen LogP contribution in [-0.4, -0.2) is 56.0 Å². The van der Waals surface area contributed by atoms with E-state index in [1.165, 1.54) is 11.1 Å². The van der Waals surface area contributed by atoms with Crippen molar-refractivity contribution < 1.29 is 9.59 Å². The predicted molar refractivity (Wildman–Crippen MR) is 163 cm³/mol. The molecule has 2 atom stereocenters. The monoisotopic (exact) mass is 636 g/mol. The highest BCUT2D eigenvalue weighted by Gasteiger charge is 2.33. The molecule has 0 bridgehead atoms. The standard InChI is InChI=1S/C15H21BrN2O.C13H17BrN2O.CH4/c1-10-7-13(8-11(2)15(10)16)18-12(9-17(3)4)5-6-14(18)19;1-8-5-11(6-9(2)13(8)14)16-10(7-15)3-4-12(16)17;/h7-8,12H,5-6,9H2,1-4H3;5-6,10H,3-4,7,15H2,1-2H3;1H4/t12-;10-;/m11./s1. The molecular weight excluding hydrogens is 596 g/mol. The van der Waals surface area contributed by atoms with Crippen LogP contribution in [0.5, 0.6) is 0 Å². The molecular formula is C29H42Br2N4O2. The summed E-state index contributed by atoms with van der Waals surface area (Å²) in [5.74, 6) is 0.426. The number of carbonyl (C=O) groups excluding carboxylic acids is 2. The van der Waals surface area contributed by atoms with Gasteiger partial charge in [-0.05, 0) is 101 Å². The first-order valence-electron chi connectivity index (χ1n) is 12.5. The normalized spacial score (nSPS) is 19.3. The summed E-state index contributed by atoms with van der Waals surface area (Å²) in [5, 5.41) is 0. The van der Waals surface area contributed by atoms with Crippen molar-refractivity contribution in [1.82, 2.24) is 4.90 Å². The molecule has 8 heteroatoms. The Balaban J connectivity index is 0.000000255. The van der Waals surface area contributed by atoms with Crippen molar-refractivity contribution in [3.8, 4) is 0 Å². The second kappa shape index (κ2) is 13.4. The first-order valence-corrected chi connectivity index (χ1v) is 14.1. The predicted octanol–water partition coefficient (Wildman–Crippen LogP) is 6.28. The smallest absolute Gasteiger partial charge is 0.227 e. The van der Waals surface area contributed by atoms with Gasteiger partial charge in [0, 0.05) is 52.3 Å². The third kappa shape index (κ3) is 7.22. The summed E-state index contributed by atoms with van der Waals surface area (Å²) in [6, 6.07) is 8.74. The lowest BCUT2D eigenvalue weighted by molar-refractivity contribution is -0.118. The van der Waals surface area contributed by atoms with E-state index in [0.29, 0.717) is 25.4 Å². The summed E-state index contributed by atoms with van der Waals surface area (Å²) in [6.45, 7) is 9.67. The zero-order chi connectivity index (χ0) is 26.7. The van der Waals surface area contributed by atoms with Crippen molar-refractivity contribution >= 4 is 55.0 Å².